The fraction of sp³-hybridized carbons (Fsp3) is 0.286. The van der Waals surface area contributed by atoms with Gasteiger partial charge in [0.25, 0.3) is 0 Å². The third-order valence-corrected chi connectivity index (χ3v) is 1.66. The molecule has 7 heteroatoms. The zero-order chi connectivity index (χ0) is 10.6. The van der Waals surface area contributed by atoms with Crippen LogP contribution in [0.15, 0.2) is 12.3 Å². The van der Waals surface area contributed by atoms with Crippen molar-refractivity contribution < 1.29 is 0 Å². The Hall–Kier alpha value is -1.57. The van der Waals surface area contributed by atoms with Crippen molar-refractivity contribution in [3.8, 4) is 0 Å². The predicted octanol–water partition coefficient (Wildman–Crippen LogP) is -1.04. The number of nitrogens with one attached hydrogen (secondary N) is 2. The maximum Gasteiger partial charge on any atom is 0.185 e. The van der Waals surface area contributed by atoms with Gasteiger partial charge in [-0.1, -0.05) is 6.92 Å². The third kappa shape index (κ3) is 2.02. The summed E-state index contributed by atoms with van der Waals surface area (Å²) in [6.45, 7) is 2.60. The highest BCUT2D eigenvalue weighted by Crippen LogP contribution is 2.22. The topological polar surface area (TPSA) is 118 Å². The van der Waals surface area contributed by atoms with Crippen LogP contribution in [0.1, 0.15) is 6.92 Å². The number of nitrogen functional groups attached to an aromatic ring is 2. The highest BCUT2D eigenvalue weighted by molar-refractivity contribution is 5.75. The van der Waals surface area contributed by atoms with Gasteiger partial charge in [-0.25, -0.2) is 15.5 Å². The van der Waals surface area contributed by atoms with Gasteiger partial charge >= 0.3 is 0 Å². The fourth-order valence-corrected chi connectivity index (χ4v) is 0.995. The summed E-state index contributed by atoms with van der Waals surface area (Å²) in [5, 5.41) is 1.41. The monoisotopic (exact) mass is 197 g/mol. The minimum Gasteiger partial charge on any atom is -0.397 e. The normalized spacial score (nSPS) is 10.1. The summed E-state index contributed by atoms with van der Waals surface area (Å²) in [7, 11) is 0. The Morgan fingerprint density at radius 1 is 1.50 bits per heavy atom. The Labute approximate surface area is 82.2 Å². The van der Waals surface area contributed by atoms with Crippen LogP contribution in [-0.4, -0.2) is 11.5 Å². The van der Waals surface area contributed by atoms with Crippen molar-refractivity contribution in [2.45, 2.75) is 6.92 Å². The van der Waals surface area contributed by atoms with Crippen molar-refractivity contribution in [2.24, 2.45) is 5.84 Å². The third-order valence-electron chi connectivity index (χ3n) is 1.66. The summed E-state index contributed by atoms with van der Waals surface area (Å²) < 4.78 is 0. The van der Waals surface area contributed by atoms with Gasteiger partial charge in [-0.15, -0.1) is 0 Å². The Kier molecular flexibility index (Phi) is 3.46. The average molecular weight is 197 g/mol. The minimum atomic E-state index is 0.381. The molecule has 1 aromatic heterocycles. The van der Waals surface area contributed by atoms with Crippen LogP contribution in [0.2, 0.25) is 0 Å². The Morgan fingerprint density at radius 2 is 2.21 bits per heavy atom. The first-order valence-corrected chi connectivity index (χ1v) is 4.20. The lowest BCUT2D eigenvalue weighted by atomic mass is 10.3. The van der Waals surface area contributed by atoms with Crippen LogP contribution < -0.4 is 33.4 Å². The Bertz CT molecular complexity index is 300. The summed E-state index contributed by atoms with van der Waals surface area (Å²) in [5.74, 6) is 5.74. The lowest BCUT2D eigenvalue weighted by Crippen LogP contribution is -2.52. The number of pyridine rings is 1. The molecule has 0 aliphatic rings. The van der Waals surface area contributed by atoms with Crippen molar-refractivity contribution in [1.29, 1.82) is 0 Å². The lowest BCUT2D eigenvalue weighted by Gasteiger charge is -2.23. The Morgan fingerprint density at radius 3 is 2.79 bits per heavy atom. The molecule has 0 saturated carbocycles. The number of hydrogen-bond donors (Lipinski definition) is 5. The molecule has 78 valence electrons. The molecule has 8 N–H and O–H groups in total. The van der Waals surface area contributed by atoms with Crippen LogP contribution in [0.3, 0.4) is 0 Å². The first kappa shape index (κ1) is 10.5. The van der Waals surface area contributed by atoms with E-state index in [-0.39, 0.29) is 0 Å². The molecule has 0 aliphatic heterocycles. The van der Waals surface area contributed by atoms with E-state index in [1.165, 1.54) is 5.12 Å². The van der Waals surface area contributed by atoms with Crippen LogP contribution >= 0.6 is 0 Å². The molecule has 0 bridgehead atoms. The number of hydrazine groups is 3. The van der Waals surface area contributed by atoms with Gasteiger partial charge in [-0.05, 0) is 6.07 Å². The fourth-order valence-electron chi connectivity index (χ4n) is 0.995. The van der Waals surface area contributed by atoms with E-state index >= 15 is 0 Å². The summed E-state index contributed by atoms with van der Waals surface area (Å²) in [6.07, 6.45) is 1.56. The summed E-state index contributed by atoms with van der Waals surface area (Å²) in [5.41, 5.74) is 17.5. The van der Waals surface area contributed by atoms with Gasteiger partial charge in [0.2, 0.25) is 0 Å². The molecule has 7 nitrogen and oxygen atoms in total. The van der Waals surface area contributed by atoms with E-state index in [1.54, 1.807) is 12.3 Å². The molecule has 1 aromatic rings. The van der Waals surface area contributed by atoms with Crippen LogP contribution in [0.5, 0.6) is 0 Å². The lowest BCUT2D eigenvalue weighted by molar-refractivity contribution is 0.545. The second-order valence-corrected chi connectivity index (χ2v) is 2.61. The van der Waals surface area contributed by atoms with Crippen LogP contribution in [-0.2, 0) is 0 Å². The number of nitrogens with zero attached hydrogens (tertiary/aromatic N) is 2. The molecule has 1 heterocycles. The highest BCUT2D eigenvalue weighted by Gasteiger charge is 2.10. The molecular weight excluding hydrogens is 182 g/mol. The van der Waals surface area contributed by atoms with Gasteiger partial charge in [-0.3, -0.25) is 5.84 Å². The molecule has 0 saturated heterocycles. The van der Waals surface area contributed by atoms with Crippen molar-refractivity contribution in [3.05, 3.63) is 12.3 Å². The quantitative estimate of drug-likeness (QED) is 0.309. The molecule has 0 aromatic carbocycles. The number of aromatic nitrogens is 1. The molecule has 0 spiro atoms. The zero-order valence-electron chi connectivity index (χ0n) is 7.99. The first-order valence-electron chi connectivity index (χ1n) is 4.20. The SMILES string of the molecule is CCNN(NN)c1nccc(N)c1N. The van der Waals surface area contributed by atoms with Gasteiger partial charge in [0.1, 0.15) is 5.69 Å². The molecule has 0 unspecified atom stereocenters. The van der Waals surface area contributed by atoms with E-state index in [4.69, 9.17) is 17.3 Å². The van der Waals surface area contributed by atoms with E-state index in [0.717, 1.165) is 0 Å². The number of nitrogens with two attached hydrogens (primary N) is 3. The van der Waals surface area contributed by atoms with Crippen molar-refractivity contribution in [3.63, 3.8) is 0 Å². The number of hydrogen-bond acceptors (Lipinski definition) is 7. The van der Waals surface area contributed by atoms with Gasteiger partial charge < -0.3 is 11.5 Å². The van der Waals surface area contributed by atoms with Gasteiger partial charge in [-0.2, -0.15) is 5.53 Å². The van der Waals surface area contributed by atoms with Crippen LogP contribution in [0.4, 0.5) is 17.2 Å². The molecule has 0 atom stereocenters. The number of rotatable bonds is 4. The van der Waals surface area contributed by atoms with Crippen molar-refractivity contribution >= 4 is 17.2 Å². The summed E-state index contributed by atoms with van der Waals surface area (Å²) >= 11 is 0. The molecular formula is C7H15N7. The predicted molar refractivity (Wildman–Crippen MR) is 56.5 cm³/mol. The summed E-state index contributed by atoms with van der Waals surface area (Å²) in [4.78, 5) is 4.04. The zero-order valence-corrected chi connectivity index (χ0v) is 7.99. The maximum absolute atomic E-state index is 5.72. The molecule has 0 aliphatic carbocycles. The van der Waals surface area contributed by atoms with Gasteiger partial charge in [0, 0.05) is 12.7 Å². The highest BCUT2D eigenvalue weighted by atomic mass is 15.8. The van der Waals surface area contributed by atoms with Crippen LogP contribution in [0.25, 0.3) is 0 Å². The van der Waals surface area contributed by atoms with Gasteiger partial charge in [0.05, 0.1) is 5.69 Å². The van der Waals surface area contributed by atoms with Crippen LogP contribution in [0, 0.1) is 0 Å². The molecule has 14 heavy (non-hydrogen) atoms. The van der Waals surface area contributed by atoms with Crippen molar-refractivity contribution in [1.82, 2.24) is 15.9 Å². The molecule has 0 fully saturated rings. The standard InChI is InChI=1S/C7H15N7/c1-2-12-14(13-10)7-6(9)5(8)3-4-11-7/h3-4,12-13H,2,9-10H2,1H3,(H2,8,11). The number of anilines is 3. The molecule has 1 rings (SSSR count). The van der Waals surface area contributed by atoms with E-state index < -0.39 is 0 Å². The Balaban J connectivity index is 2.97. The second-order valence-electron chi connectivity index (χ2n) is 2.61. The average Bonchev–Trinajstić information content (AvgIpc) is 2.19. The van der Waals surface area contributed by atoms with Crippen molar-refractivity contribution in [2.75, 3.05) is 23.1 Å². The van der Waals surface area contributed by atoms with E-state index in [0.29, 0.717) is 23.7 Å². The largest absolute Gasteiger partial charge is 0.397 e. The van der Waals surface area contributed by atoms with Gasteiger partial charge in [0.15, 0.2) is 5.82 Å². The second kappa shape index (κ2) is 4.61. The maximum atomic E-state index is 5.72. The molecule has 0 radical (unpaired) electrons. The molecule has 0 amide bonds. The first-order chi connectivity index (χ1) is 6.70. The smallest absolute Gasteiger partial charge is 0.185 e. The van der Waals surface area contributed by atoms with E-state index in [2.05, 4.69) is 15.9 Å². The summed E-state index contributed by atoms with van der Waals surface area (Å²) in [6, 6.07) is 1.62. The van der Waals surface area contributed by atoms with E-state index in [1.807, 2.05) is 6.92 Å². The van der Waals surface area contributed by atoms with E-state index in [9.17, 15) is 0 Å². The minimum absolute atomic E-state index is 0.381.